The third-order valence-electron chi connectivity index (χ3n) is 3.11. The second kappa shape index (κ2) is 6.80. The van der Waals surface area contributed by atoms with E-state index in [1.54, 1.807) is 0 Å². The Bertz CT molecular complexity index is 655. The minimum atomic E-state index is 0.603. The quantitative estimate of drug-likeness (QED) is 0.703. The standard InChI is InChI=1S/C16H15NO.C2H6/c1-12-10-17-16-9-14(7-8-15(12)16)18-11-13-5-3-2-4-6-13;1-2/h2-10,17H,11H2,1H3;1-2H3. The molecule has 3 rings (SSSR count). The number of aryl methyl sites for hydroxylation is 1. The van der Waals surface area contributed by atoms with Crippen molar-refractivity contribution in [3.63, 3.8) is 0 Å². The second-order valence-corrected chi connectivity index (χ2v) is 4.45. The Morgan fingerprint density at radius 1 is 1.00 bits per heavy atom. The Kier molecular flexibility index (Phi) is 4.83. The topological polar surface area (TPSA) is 25.0 Å². The summed E-state index contributed by atoms with van der Waals surface area (Å²) in [6.45, 7) is 6.70. The summed E-state index contributed by atoms with van der Waals surface area (Å²) in [6, 6.07) is 16.4. The number of nitrogens with one attached hydrogen (secondary N) is 1. The first-order valence-electron chi connectivity index (χ1n) is 7.07. The highest BCUT2D eigenvalue weighted by molar-refractivity contribution is 5.84. The smallest absolute Gasteiger partial charge is 0.121 e. The van der Waals surface area contributed by atoms with Gasteiger partial charge in [-0.15, -0.1) is 0 Å². The SMILES string of the molecule is CC.Cc1c[nH]c2cc(OCc3ccccc3)ccc12. The largest absolute Gasteiger partial charge is 0.489 e. The highest BCUT2D eigenvalue weighted by Crippen LogP contribution is 2.23. The van der Waals surface area contributed by atoms with Crippen molar-refractivity contribution in [3.05, 3.63) is 65.9 Å². The Morgan fingerprint density at radius 2 is 1.75 bits per heavy atom. The van der Waals surface area contributed by atoms with Gasteiger partial charge in [-0.05, 0) is 30.2 Å². The summed E-state index contributed by atoms with van der Waals surface area (Å²) in [5, 5.41) is 1.25. The molecule has 0 amide bonds. The Balaban J connectivity index is 0.000000704. The van der Waals surface area contributed by atoms with Crippen molar-refractivity contribution >= 4 is 10.9 Å². The Labute approximate surface area is 120 Å². The van der Waals surface area contributed by atoms with Gasteiger partial charge >= 0.3 is 0 Å². The number of aromatic nitrogens is 1. The molecule has 2 heteroatoms. The molecule has 1 aromatic heterocycles. The summed E-state index contributed by atoms with van der Waals surface area (Å²) in [5.74, 6) is 0.896. The van der Waals surface area contributed by atoms with E-state index in [4.69, 9.17) is 4.74 Å². The van der Waals surface area contributed by atoms with Crippen LogP contribution >= 0.6 is 0 Å². The Hall–Kier alpha value is -2.22. The molecular formula is C18H21NO. The normalized spacial score (nSPS) is 9.95. The van der Waals surface area contributed by atoms with E-state index in [1.807, 2.05) is 50.4 Å². The molecule has 20 heavy (non-hydrogen) atoms. The first-order chi connectivity index (χ1) is 9.83. The molecule has 0 radical (unpaired) electrons. The van der Waals surface area contributed by atoms with Crippen molar-refractivity contribution in [1.29, 1.82) is 0 Å². The van der Waals surface area contributed by atoms with E-state index in [2.05, 4.69) is 30.1 Å². The fourth-order valence-electron chi connectivity index (χ4n) is 2.08. The van der Waals surface area contributed by atoms with E-state index in [0.29, 0.717) is 6.61 Å². The van der Waals surface area contributed by atoms with Gasteiger partial charge in [0, 0.05) is 23.2 Å². The molecule has 0 atom stereocenters. The number of aromatic amines is 1. The molecule has 1 heterocycles. The average molecular weight is 267 g/mol. The van der Waals surface area contributed by atoms with Gasteiger partial charge in [0.05, 0.1) is 0 Å². The maximum absolute atomic E-state index is 5.79. The number of fused-ring (bicyclic) bond motifs is 1. The third kappa shape index (κ3) is 3.21. The van der Waals surface area contributed by atoms with Crippen molar-refractivity contribution in [2.45, 2.75) is 27.4 Å². The number of rotatable bonds is 3. The van der Waals surface area contributed by atoms with E-state index < -0.39 is 0 Å². The zero-order chi connectivity index (χ0) is 14.4. The predicted molar refractivity (Wildman–Crippen MR) is 85.2 cm³/mol. The molecule has 0 bridgehead atoms. The number of H-pyrrole nitrogens is 1. The molecule has 1 N–H and O–H groups in total. The minimum absolute atomic E-state index is 0.603. The van der Waals surface area contributed by atoms with Gasteiger partial charge in [-0.1, -0.05) is 44.2 Å². The molecule has 0 saturated heterocycles. The summed E-state index contributed by atoms with van der Waals surface area (Å²) >= 11 is 0. The number of hydrogen-bond donors (Lipinski definition) is 1. The van der Waals surface area contributed by atoms with Crippen LogP contribution in [0.25, 0.3) is 10.9 Å². The summed E-state index contributed by atoms with van der Waals surface area (Å²) in [7, 11) is 0. The van der Waals surface area contributed by atoms with Gasteiger partial charge in [-0.25, -0.2) is 0 Å². The maximum atomic E-state index is 5.79. The van der Waals surface area contributed by atoms with Gasteiger partial charge in [0.1, 0.15) is 12.4 Å². The van der Waals surface area contributed by atoms with Crippen LogP contribution in [0.1, 0.15) is 25.0 Å². The van der Waals surface area contributed by atoms with Gasteiger partial charge < -0.3 is 9.72 Å². The second-order valence-electron chi connectivity index (χ2n) is 4.45. The maximum Gasteiger partial charge on any atom is 0.121 e. The van der Waals surface area contributed by atoms with E-state index in [1.165, 1.54) is 16.5 Å². The van der Waals surface area contributed by atoms with E-state index in [0.717, 1.165) is 11.3 Å². The van der Waals surface area contributed by atoms with Crippen LogP contribution in [0.15, 0.2) is 54.7 Å². The summed E-state index contributed by atoms with van der Waals surface area (Å²) < 4.78 is 5.79. The molecule has 0 unspecified atom stereocenters. The van der Waals surface area contributed by atoms with Crippen LogP contribution in [0.2, 0.25) is 0 Å². The summed E-state index contributed by atoms with van der Waals surface area (Å²) in [4.78, 5) is 3.25. The zero-order valence-electron chi connectivity index (χ0n) is 12.3. The van der Waals surface area contributed by atoms with Gasteiger partial charge in [-0.3, -0.25) is 0 Å². The summed E-state index contributed by atoms with van der Waals surface area (Å²) in [5.41, 5.74) is 3.57. The number of ether oxygens (including phenoxy) is 1. The highest BCUT2D eigenvalue weighted by Gasteiger charge is 2.01. The lowest BCUT2D eigenvalue weighted by molar-refractivity contribution is 0.306. The molecule has 0 saturated carbocycles. The fourth-order valence-corrected chi connectivity index (χ4v) is 2.08. The number of hydrogen-bond acceptors (Lipinski definition) is 1. The van der Waals surface area contributed by atoms with Crippen molar-refractivity contribution in [3.8, 4) is 5.75 Å². The first kappa shape index (κ1) is 14.2. The van der Waals surface area contributed by atoms with Crippen LogP contribution in [0, 0.1) is 6.92 Å². The highest BCUT2D eigenvalue weighted by atomic mass is 16.5. The molecule has 0 aliphatic rings. The first-order valence-corrected chi connectivity index (χ1v) is 7.07. The van der Waals surface area contributed by atoms with Crippen molar-refractivity contribution in [2.75, 3.05) is 0 Å². The van der Waals surface area contributed by atoms with Crippen LogP contribution in [0.5, 0.6) is 5.75 Å². The molecule has 0 aliphatic carbocycles. The van der Waals surface area contributed by atoms with Crippen LogP contribution in [-0.2, 0) is 6.61 Å². The zero-order valence-corrected chi connectivity index (χ0v) is 12.3. The van der Waals surface area contributed by atoms with Crippen molar-refractivity contribution < 1.29 is 4.74 Å². The monoisotopic (exact) mass is 267 g/mol. The van der Waals surface area contributed by atoms with Gasteiger partial charge in [-0.2, -0.15) is 0 Å². The predicted octanol–water partition coefficient (Wildman–Crippen LogP) is 5.08. The molecule has 0 aliphatic heterocycles. The lowest BCUT2D eigenvalue weighted by Gasteiger charge is -2.06. The van der Waals surface area contributed by atoms with Gasteiger partial charge in [0.25, 0.3) is 0 Å². The van der Waals surface area contributed by atoms with Crippen molar-refractivity contribution in [2.24, 2.45) is 0 Å². The van der Waals surface area contributed by atoms with E-state index in [9.17, 15) is 0 Å². The van der Waals surface area contributed by atoms with Gasteiger partial charge in [0.15, 0.2) is 0 Å². The molecule has 2 nitrogen and oxygen atoms in total. The van der Waals surface area contributed by atoms with Gasteiger partial charge in [0.2, 0.25) is 0 Å². The number of benzene rings is 2. The van der Waals surface area contributed by atoms with Crippen LogP contribution in [0.3, 0.4) is 0 Å². The molecular weight excluding hydrogens is 246 g/mol. The molecule has 3 aromatic rings. The lowest BCUT2D eigenvalue weighted by Crippen LogP contribution is -1.94. The summed E-state index contributed by atoms with van der Waals surface area (Å²) in [6.07, 6.45) is 2.02. The van der Waals surface area contributed by atoms with E-state index >= 15 is 0 Å². The van der Waals surface area contributed by atoms with E-state index in [-0.39, 0.29) is 0 Å². The molecule has 104 valence electrons. The lowest BCUT2D eigenvalue weighted by atomic mass is 10.2. The molecule has 2 aromatic carbocycles. The van der Waals surface area contributed by atoms with Crippen molar-refractivity contribution in [1.82, 2.24) is 4.98 Å². The Morgan fingerprint density at radius 3 is 2.50 bits per heavy atom. The molecule has 0 spiro atoms. The average Bonchev–Trinajstić information content (AvgIpc) is 2.89. The fraction of sp³-hybridized carbons (Fsp3) is 0.222. The third-order valence-corrected chi connectivity index (χ3v) is 3.11. The van der Waals surface area contributed by atoms with Crippen LogP contribution in [0.4, 0.5) is 0 Å². The molecule has 0 fully saturated rings. The van der Waals surface area contributed by atoms with Crippen LogP contribution in [-0.4, -0.2) is 4.98 Å². The van der Waals surface area contributed by atoms with Crippen LogP contribution < -0.4 is 4.74 Å². The minimum Gasteiger partial charge on any atom is -0.489 e.